The lowest BCUT2D eigenvalue weighted by Gasteiger charge is -2.15. The van der Waals surface area contributed by atoms with Gasteiger partial charge in [-0.1, -0.05) is 32.1 Å². The minimum atomic E-state index is -0.765. The lowest BCUT2D eigenvalue weighted by Crippen LogP contribution is -2.31. The largest absolute Gasteiger partial charge is 0.462 e. The number of nitrogens with one attached hydrogen (secondary N) is 1. The van der Waals surface area contributed by atoms with Crippen molar-refractivity contribution in [2.24, 2.45) is 17.8 Å². The van der Waals surface area contributed by atoms with E-state index >= 15 is 0 Å². The molecule has 1 N–H and O–H groups in total. The highest BCUT2D eigenvalue weighted by Crippen LogP contribution is 2.37. The molecule has 0 aromatic heterocycles. The summed E-state index contributed by atoms with van der Waals surface area (Å²) < 4.78 is 10.3. The molecule has 3 amide bonds. The maximum absolute atomic E-state index is 12.8. The van der Waals surface area contributed by atoms with Gasteiger partial charge in [0.15, 0.2) is 6.61 Å². The van der Waals surface area contributed by atoms with Crippen LogP contribution in [0.2, 0.25) is 0 Å². The highest BCUT2D eigenvalue weighted by Gasteiger charge is 2.47. The number of allylic oxidation sites excluding steroid dienone is 2. The van der Waals surface area contributed by atoms with E-state index in [2.05, 4.69) is 5.32 Å². The minimum Gasteiger partial charge on any atom is -0.462 e. The van der Waals surface area contributed by atoms with Crippen LogP contribution in [0.15, 0.2) is 60.7 Å². The molecule has 2 aliphatic rings. The number of rotatable bonds is 8. The van der Waals surface area contributed by atoms with Gasteiger partial charge in [0, 0.05) is 5.69 Å². The summed E-state index contributed by atoms with van der Waals surface area (Å²) >= 11 is 0. The molecule has 4 rings (SSSR count). The molecule has 0 unspecified atom stereocenters. The van der Waals surface area contributed by atoms with Crippen LogP contribution in [0.25, 0.3) is 0 Å². The van der Waals surface area contributed by atoms with E-state index in [4.69, 9.17) is 9.47 Å². The average Bonchev–Trinajstić information content (AvgIpc) is 3.16. The van der Waals surface area contributed by atoms with Crippen LogP contribution >= 0.6 is 0 Å². The van der Waals surface area contributed by atoms with E-state index in [-0.39, 0.29) is 35.1 Å². The summed E-state index contributed by atoms with van der Waals surface area (Å²) in [5.74, 6) is -2.87. The molecule has 192 valence electrons. The lowest BCUT2D eigenvalue weighted by atomic mass is 9.85. The van der Waals surface area contributed by atoms with Gasteiger partial charge < -0.3 is 14.8 Å². The van der Waals surface area contributed by atoms with Gasteiger partial charge >= 0.3 is 11.9 Å². The number of hydrogen-bond acceptors (Lipinski definition) is 7. The molecular weight excluding hydrogens is 476 g/mol. The number of imide groups is 1. The van der Waals surface area contributed by atoms with Crippen molar-refractivity contribution in [1.82, 2.24) is 0 Å². The fraction of sp³-hybridized carbons (Fsp3) is 0.321. The van der Waals surface area contributed by atoms with E-state index in [9.17, 15) is 24.0 Å². The van der Waals surface area contributed by atoms with Gasteiger partial charge in [0.1, 0.15) is 0 Å². The molecule has 37 heavy (non-hydrogen) atoms. The Balaban J connectivity index is 1.32. The van der Waals surface area contributed by atoms with Crippen LogP contribution in [0, 0.1) is 17.8 Å². The van der Waals surface area contributed by atoms with Gasteiger partial charge in [0.25, 0.3) is 5.91 Å². The maximum atomic E-state index is 12.8. The molecule has 9 nitrogen and oxygen atoms in total. The fourth-order valence-electron chi connectivity index (χ4n) is 4.25. The van der Waals surface area contributed by atoms with Gasteiger partial charge in [0.2, 0.25) is 11.8 Å². The van der Waals surface area contributed by atoms with E-state index in [0.29, 0.717) is 36.4 Å². The summed E-state index contributed by atoms with van der Waals surface area (Å²) in [6, 6.07) is 12.2. The quantitative estimate of drug-likeness (QED) is 0.330. The van der Waals surface area contributed by atoms with E-state index in [0.717, 1.165) is 4.90 Å². The summed E-state index contributed by atoms with van der Waals surface area (Å²) in [6.07, 6.45) is 4.86. The standard InChI is InChI=1S/C28H28N2O7/c1-17(2)15-36-27(34)18-10-12-20(13-11-18)29-24(31)16-37-28(35)19-6-5-7-21(14-19)30-25(32)22-8-3-4-9-23(22)26(30)33/h3-7,10-14,17,22-23H,8-9,15-16H2,1-2H3,(H,29,31)/t22-,23+. The first-order valence-electron chi connectivity index (χ1n) is 12.1. The lowest BCUT2D eigenvalue weighted by molar-refractivity contribution is -0.122. The van der Waals surface area contributed by atoms with Crippen LogP contribution in [0.1, 0.15) is 47.4 Å². The fourth-order valence-corrected chi connectivity index (χ4v) is 4.25. The normalized spacial score (nSPS) is 18.5. The van der Waals surface area contributed by atoms with Crippen molar-refractivity contribution in [3.8, 4) is 0 Å². The number of nitrogens with zero attached hydrogens (tertiary/aromatic N) is 1. The highest BCUT2D eigenvalue weighted by molar-refractivity contribution is 6.22. The first-order valence-corrected chi connectivity index (χ1v) is 12.1. The number of carbonyl (C=O) groups is 5. The third-order valence-electron chi connectivity index (χ3n) is 6.13. The summed E-state index contributed by atoms with van der Waals surface area (Å²) in [5.41, 5.74) is 1.19. The van der Waals surface area contributed by atoms with Crippen LogP contribution in [0.3, 0.4) is 0 Å². The summed E-state index contributed by atoms with van der Waals surface area (Å²) in [4.78, 5) is 63.6. The molecule has 2 aromatic carbocycles. The van der Waals surface area contributed by atoms with E-state index in [1.807, 2.05) is 26.0 Å². The SMILES string of the molecule is CC(C)COC(=O)c1ccc(NC(=O)COC(=O)c2cccc(N3C(=O)[C@H]4CC=CC[C@H]4C3=O)c2)cc1. The second-order valence-corrected chi connectivity index (χ2v) is 9.41. The Kier molecular flexibility index (Phi) is 7.81. The average molecular weight is 505 g/mol. The number of benzene rings is 2. The summed E-state index contributed by atoms with van der Waals surface area (Å²) in [7, 11) is 0. The molecule has 0 saturated carbocycles. The Morgan fingerprint density at radius 2 is 1.51 bits per heavy atom. The van der Waals surface area contributed by atoms with Crippen molar-refractivity contribution >= 4 is 41.0 Å². The molecule has 0 bridgehead atoms. The summed E-state index contributed by atoms with van der Waals surface area (Å²) in [5, 5.41) is 2.59. The van der Waals surface area contributed by atoms with Gasteiger partial charge in [-0.05, 0) is 61.2 Å². The predicted octanol–water partition coefficient (Wildman–Crippen LogP) is 3.75. The van der Waals surface area contributed by atoms with Crippen LogP contribution in [0.5, 0.6) is 0 Å². The smallest absolute Gasteiger partial charge is 0.338 e. The second kappa shape index (κ2) is 11.2. The Morgan fingerprint density at radius 1 is 0.892 bits per heavy atom. The topological polar surface area (TPSA) is 119 Å². The molecule has 2 aromatic rings. The molecule has 1 aliphatic heterocycles. The first-order chi connectivity index (χ1) is 17.7. The number of carbonyl (C=O) groups excluding carboxylic acids is 5. The van der Waals surface area contributed by atoms with Gasteiger partial charge in [-0.15, -0.1) is 0 Å². The monoisotopic (exact) mass is 504 g/mol. The number of amides is 3. The van der Waals surface area contributed by atoms with Gasteiger partial charge in [-0.2, -0.15) is 0 Å². The van der Waals surface area contributed by atoms with Crippen molar-refractivity contribution in [2.75, 3.05) is 23.4 Å². The molecule has 0 spiro atoms. The van der Waals surface area contributed by atoms with Crippen molar-refractivity contribution < 1.29 is 33.4 Å². The zero-order valence-electron chi connectivity index (χ0n) is 20.6. The third-order valence-corrected chi connectivity index (χ3v) is 6.13. The van der Waals surface area contributed by atoms with Gasteiger partial charge in [-0.25, -0.2) is 9.59 Å². The first kappa shape index (κ1) is 25.8. The number of ether oxygens (including phenoxy) is 2. The zero-order valence-corrected chi connectivity index (χ0v) is 20.6. The van der Waals surface area contributed by atoms with Crippen LogP contribution in [-0.2, 0) is 23.9 Å². The van der Waals surface area contributed by atoms with E-state index in [1.165, 1.54) is 24.3 Å². The maximum Gasteiger partial charge on any atom is 0.338 e. The second-order valence-electron chi connectivity index (χ2n) is 9.41. The predicted molar refractivity (Wildman–Crippen MR) is 135 cm³/mol. The van der Waals surface area contributed by atoms with Crippen LogP contribution in [0.4, 0.5) is 11.4 Å². The molecule has 9 heteroatoms. The number of fused-ring (bicyclic) bond motifs is 1. The Bertz CT molecular complexity index is 1220. The molecule has 2 atom stereocenters. The molecule has 0 radical (unpaired) electrons. The molecule has 1 aliphatic carbocycles. The highest BCUT2D eigenvalue weighted by atomic mass is 16.5. The van der Waals surface area contributed by atoms with E-state index in [1.54, 1.807) is 24.3 Å². The van der Waals surface area contributed by atoms with Crippen LogP contribution < -0.4 is 10.2 Å². The molecule has 1 fully saturated rings. The Labute approximate surface area is 214 Å². The van der Waals surface area contributed by atoms with Crippen molar-refractivity contribution in [3.05, 3.63) is 71.8 Å². The number of hydrogen-bond donors (Lipinski definition) is 1. The van der Waals surface area contributed by atoms with E-state index < -0.39 is 24.5 Å². The molecule has 1 heterocycles. The number of anilines is 2. The van der Waals surface area contributed by atoms with Crippen molar-refractivity contribution in [3.63, 3.8) is 0 Å². The minimum absolute atomic E-state index is 0.114. The summed E-state index contributed by atoms with van der Waals surface area (Å²) in [6.45, 7) is 3.65. The molecule has 1 saturated heterocycles. The Hall–Kier alpha value is -4.27. The molecular formula is C28H28N2O7. The third kappa shape index (κ3) is 5.94. The van der Waals surface area contributed by atoms with Gasteiger partial charge in [0.05, 0.1) is 35.3 Å². The van der Waals surface area contributed by atoms with Crippen molar-refractivity contribution in [1.29, 1.82) is 0 Å². The van der Waals surface area contributed by atoms with Gasteiger partial charge in [-0.3, -0.25) is 19.3 Å². The van der Waals surface area contributed by atoms with Crippen molar-refractivity contribution in [2.45, 2.75) is 26.7 Å². The number of esters is 2. The Morgan fingerprint density at radius 3 is 2.14 bits per heavy atom. The zero-order chi connectivity index (χ0) is 26.5. The van der Waals surface area contributed by atoms with Crippen LogP contribution in [-0.4, -0.2) is 42.9 Å².